The molecule has 0 fully saturated rings. The van der Waals surface area contributed by atoms with Crippen LogP contribution in [0.5, 0.6) is 5.75 Å². The number of ether oxygens (including phenoxy) is 1. The van der Waals surface area contributed by atoms with E-state index in [1.807, 2.05) is 44.2 Å². The number of amides is 1. The molecule has 0 aliphatic rings. The van der Waals surface area contributed by atoms with Crippen molar-refractivity contribution in [1.82, 2.24) is 5.43 Å². The smallest absolute Gasteiger partial charge is 0.277 e. The van der Waals surface area contributed by atoms with Gasteiger partial charge in [-0.3, -0.25) is 4.79 Å². The van der Waals surface area contributed by atoms with Gasteiger partial charge in [-0.05, 0) is 62.6 Å². The van der Waals surface area contributed by atoms with Crippen molar-refractivity contribution in [2.45, 2.75) is 27.7 Å². The van der Waals surface area contributed by atoms with Gasteiger partial charge in [0.1, 0.15) is 5.75 Å². The molecule has 2 aromatic rings. The first-order valence-electron chi connectivity index (χ1n) is 8.90. The molecule has 2 rings (SSSR count). The summed E-state index contributed by atoms with van der Waals surface area (Å²) in [6.07, 6.45) is 1.63. The SMILES string of the molecule is CCN(CC)c1ccc(C=NNC(=O)COc2cc(C)ccc2C)cc1. The second kappa shape index (κ2) is 9.61. The third kappa shape index (κ3) is 5.62. The monoisotopic (exact) mass is 353 g/mol. The van der Waals surface area contributed by atoms with E-state index in [4.69, 9.17) is 4.74 Å². The van der Waals surface area contributed by atoms with Crippen LogP contribution in [0.2, 0.25) is 0 Å². The topological polar surface area (TPSA) is 53.9 Å². The van der Waals surface area contributed by atoms with Crippen molar-refractivity contribution in [3.05, 3.63) is 59.2 Å². The zero-order valence-electron chi connectivity index (χ0n) is 16.0. The molecule has 2 aromatic carbocycles. The lowest BCUT2D eigenvalue weighted by atomic mass is 10.1. The number of carbonyl (C=O) groups is 1. The van der Waals surface area contributed by atoms with Crippen molar-refractivity contribution in [2.75, 3.05) is 24.6 Å². The molecule has 26 heavy (non-hydrogen) atoms. The van der Waals surface area contributed by atoms with Crippen LogP contribution in [0.3, 0.4) is 0 Å². The lowest BCUT2D eigenvalue weighted by Gasteiger charge is -2.20. The van der Waals surface area contributed by atoms with E-state index in [1.165, 1.54) is 5.69 Å². The van der Waals surface area contributed by atoms with Crippen LogP contribution < -0.4 is 15.1 Å². The number of aryl methyl sites for hydroxylation is 2. The van der Waals surface area contributed by atoms with Gasteiger partial charge in [-0.15, -0.1) is 0 Å². The minimum Gasteiger partial charge on any atom is -0.483 e. The van der Waals surface area contributed by atoms with Crippen molar-refractivity contribution < 1.29 is 9.53 Å². The zero-order chi connectivity index (χ0) is 18.9. The molecular formula is C21H27N3O2. The maximum absolute atomic E-state index is 11.9. The molecule has 0 bridgehead atoms. The molecular weight excluding hydrogens is 326 g/mol. The molecule has 0 aliphatic heterocycles. The number of hydrazone groups is 1. The molecule has 0 heterocycles. The fourth-order valence-corrected chi connectivity index (χ4v) is 2.58. The Morgan fingerprint density at radius 2 is 1.81 bits per heavy atom. The van der Waals surface area contributed by atoms with Gasteiger partial charge in [0.2, 0.25) is 0 Å². The summed E-state index contributed by atoms with van der Waals surface area (Å²) in [5.41, 5.74) is 6.69. The van der Waals surface area contributed by atoms with E-state index in [1.54, 1.807) is 6.21 Å². The van der Waals surface area contributed by atoms with E-state index >= 15 is 0 Å². The minimum absolute atomic E-state index is 0.0669. The standard InChI is InChI=1S/C21H27N3O2/c1-5-24(6-2)19-11-9-18(10-12-19)14-22-23-21(25)15-26-20-13-16(3)7-8-17(20)4/h7-14H,5-6,15H2,1-4H3,(H,23,25). The summed E-state index contributed by atoms with van der Waals surface area (Å²) in [6.45, 7) is 10.1. The number of hydrogen-bond donors (Lipinski definition) is 1. The highest BCUT2D eigenvalue weighted by atomic mass is 16.5. The number of hydrogen-bond acceptors (Lipinski definition) is 4. The number of anilines is 1. The van der Waals surface area contributed by atoms with Crippen LogP contribution in [-0.2, 0) is 4.79 Å². The van der Waals surface area contributed by atoms with Crippen molar-refractivity contribution in [3.63, 3.8) is 0 Å². The van der Waals surface area contributed by atoms with Crippen LogP contribution in [0.25, 0.3) is 0 Å². The van der Waals surface area contributed by atoms with E-state index in [-0.39, 0.29) is 12.5 Å². The van der Waals surface area contributed by atoms with Crippen molar-refractivity contribution >= 4 is 17.8 Å². The Bertz CT molecular complexity index is 750. The molecule has 0 spiro atoms. The molecule has 0 unspecified atom stereocenters. The first-order chi connectivity index (χ1) is 12.5. The summed E-state index contributed by atoms with van der Waals surface area (Å²) in [4.78, 5) is 14.1. The average Bonchev–Trinajstić information content (AvgIpc) is 2.64. The van der Waals surface area contributed by atoms with Gasteiger partial charge in [0.25, 0.3) is 5.91 Å². The third-order valence-corrected chi connectivity index (χ3v) is 4.13. The fraction of sp³-hybridized carbons (Fsp3) is 0.333. The van der Waals surface area contributed by atoms with Gasteiger partial charge in [0.15, 0.2) is 6.61 Å². The van der Waals surface area contributed by atoms with Crippen LogP contribution in [0.1, 0.15) is 30.5 Å². The Kier molecular flexibility index (Phi) is 7.21. The predicted molar refractivity (Wildman–Crippen MR) is 107 cm³/mol. The van der Waals surface area contributed by atoms with Crippen molar-refractivity contribution in [1.29, 1.82) is 0 Å². The second-order valence-corrected chi connectivity index (χ2v) is 6.11. The number of carbonyl (C=O) groups excluding carboxylic acids is 1. The fourth-order valence-electron chi connectivity index (χ4n) is 2.58. The van der Waals surface area contributed by atoms with Crippen LogP contribution in [0.15, 0.2) is 47.6 Å². The summed E-state index contributed by atoms with van der Waals surface area (Å²) >= 11 is 0. The van der Waals surface area contributed by atoms with E-state index in [0.717, 1.165) is 35.5 Å². The lowest BCUT2D eigenvalue weighted by Crippen LogP contribution is -2.24. The summed E-state index contributed by atoms with van der Waals surface area (Å²) in [5, 5.41) is 3.99. The zero-order valence-corrected chi connectivity index (χ0v) is 16.0. The third-order valence-electron chi connectivity index (χ3n) is 4.13. The van der Waals surface area contributed by atoms with E-state index in [0.29, 0.717) is 0 Å². The highest BCUT2D eigenvalue weighted by Crippen LogP contribution is 2.18. The Morgan fingerprint density at radius 1 is 1.12 bits per heavy atom. The maximum Gasteiger partial charge on any atom is 0.277 e. The molecule has 138 valence electrons. The number of benzene rings is 2. The lowest BCUT2D eigenvalue weighted by molar-refractivity contribution is -0.123. The van der Waals surface area contributed by atoms with Gasteiger partial charge in [0.05, 0.1) is 6.21 Å². The first-order valence-corrected chi connectivity index (χ1v) is 8.90. The number of nitrogens with one attached hydrogen (secondary N) is 1. The Morgan fingerprint density at radius 3 is 2.46 bits per heavy atom. The highest BCUT2D eigenvalue weighted by Gasteiger charge is 2.04. The molecule has 0 saturated carbocycles. The molecule has 0 atom stereocenters. The molecule has 5 heteroatoms. The van der Waals surface area contributed by atoms with Crippen molar-refractivity contribution in [3.8, 4) is 5.75 Å². The van der Waals surface area contributed by atoms with E-state index in [9.17, 15) is 4.79 Å². The summed E-state index contributed by atoms with van der Waals surface area (Å²) in [6, 6.07) is 14.0. The average molecular weight is 353 g/mol. The summed E-state index contributed by atoms with van der Waals surface area (Å²) < 4.78 is 5.56. The van der Waals surface area contributed by atoms with Crippen LogP contribution in [0, 0.1) is 13.8 Å². The normalized spacial score (nSPS) is 10.8. The van der Waals surface area contributed by atoms with Gasteiger partial charge in [0, 0.05) is 18.8 Å². The van der Waals surface area contributed by atoms with E-state index < -0.39 is 0 Å². The van der Waals surface area contributed by atoms with Crippen LogP contribution >= 0.6 is 0 Å². The molecule has 0 aromatic heterocycles. The van der Waals surface area contributed by atoms with Crippen LogP contribution in [-0.4, -0.2) is 31.8 Å². The maximum atomic E-state index is 11.9. The second-order valence-electron chi connectivity index (χ2n) is 6.11. The quantitative estimate of drug-likeness (QED) is 0.582. The van der Waals surface area contributed by atoms with Gasteiger partial charge >= 0.3 is 0 Å². The van der Waals surface area contributed by atoms with Gasteiger partial charge in [-0.25, -0.2) is 5.43 Å². The van der Waals surface area contributed by atoms with Crippen LogP contribution in [0.4, 0.5) is 5.69 Å². The van der Waals surface area contributed by atoms with Gasteiger partial charge < -0.3 is 9.64 Å². The number of rotatable bonds is 8. The molecule has 5 nitrogen and oxygen atoms in total. The molecule has 1 amide bonds. The Hall–Kier alpha value is -2.82. The summed E-state index contributed by atoms with van der Waals surface area (Å²) in [7, 11) is 0. The van der Waals surface area contributed by atoms with E-state index in [2.05, 4.69) is 41.4 Å². The highest BCUT2D eigenvalue weighted by molar-refractivity contribution is 5.83. The first kappa shape index (κ1) is 19.5. The summed E-state index contributed by atoms with van der Waals surface area (Å²) in [5.74, 6) is 0.429. The predicted octanol–water partition coefficient (Wildman–Crippen LogP) is 3.68. The molecule has 1 N–H and O–H groups in total. The Labute approximate surface area is 155 Å². The molecule has 0 saturated heterocycles. The van der Waals surface area contributed by atoms with Crippen molar-refractivity contribution in [2.24, 2.45) is 5.10 Å². The molecule has 0 aliphatic carbocycles. The van der Waals surface area contributed by atoms with Gasteiger partial charge in [-0.1, -0.05) is 24.3 Å². The minimum atomic E-state index is -0.290. The largest absolute Gasteiger partial charge is 0.483 e. The molecule has 0 radical (unpaired) electrons. The van der Waals surface area contributed by atoms with Gasteiger partial charge in [-0.2, -0.15) is 5.10 Å². The Balaban J connectivity index is 1.84. The number of nitrogens with zero attached hydrogens (tertiary/aromatic N) is 2.